The van der Waals surface area contributed by atoms with Crippen molar-refractivity contribution >= 4 is 22.8 Å². The smallest absolute Gasteiger partial charge is 0.267 e. The molecule has 10 heteroatoms. The third kappa shape index (κ3) is 5.54. The van der Waals surface area contributed by atoms with Crippen LogP contribution in [-0.4, -0.2) is 62.7 Å². The van der Waals surface area contributed by atoms with E-state index in [9.17, 15) is 23.9 Å². The summed E-state index contributed by atoms with van der Waals surface area (Å²) in [5.41, 5.74) is 0.893. The highest BCUT2D eigenvalue weighted by Gasteiger charge is 2.24. The summed E-state index contributed by atoms with van der Waals surface area (Å²) in [6.07, 6.45) is 4.46. The number of aliphatic hydroxyl groups is 1. The average Bonchev–Trinajstić information content (AvgIpc) is 2.86. The molecule has 9 nitrogen and oxygen atoms in total. The number of halogens is 1. The summed E-state index contributed by atoms with van der Waals surface area (Å²) < 4.78 is 14.7. The molecule has 0 aliphatic carbocycles. The molecule has 1 fully saturated rings. The molecular weight excluding hydrogens is 467 g/mol. The second-order valence-corrected chi connectivity index (χ2v) is 8.87. The van der Waals surface area contributed by atoms with Gasteiger partial charge in [0.25, 0.3) is 11.5 Å². The first kappa shape index (κ1) is 25.3. The molecule has 1 aliphatic heterocycles. The molecule has 1 saturated heterocycles. The number of benzene rings is 1. The van der Waals surface area contributed by atoms with Gasteiger partial charge in [0.1, 0.15) is 16.9 Å². The summed E-state index contributed by atoms with van der Waals surface area (Å²) >= 11 is 0. The predicted molar refractivity (Wildman–Crippen MR) is 131 cm³/mol. The highest BCUT2D eigenvalue weighted by molar-refractivity contribution is 6.01. The Bertz CT molecular complexity index is 1320. The van der Waals surface area contributed by atoms with Crippen LogP contribution in [0.1, 0.15) is 47.2 Å². The standard InChI is InChI=1S/C26H29FN4O5/c27-19-7-5-17(6-8-19)14-18-15-20-23(29-16-18)24(34)22(25(35)28-9-3-13-32)26(36)31(20)12-11-30-10-2-1-4-21(30)33/h5-8,15-16,32,34H,1-4,9-14H2,(H,28,35). The number of nitrogens with zero attached hydrogens (tertiary/aromatic N) is 3. The molecule has 3 heterocycles. The molecule has 0 saturated carbocycles. The molecule has 1 aliphatic rings. The molecule has 0 atom stereocenters. The van der Waals surface area contributed by atoms with Gasteiger partial charge >= 0.3 is 0 Å². The van der Waals surface area contributed by atoms with E-state index in [4.69, 9.17) is 5.11 Å². The Morgan fingerprint density at radius 1 is 1.11 bits per heavy atom. The fourth-order valence-electron chi connectivity index (χ4n) is 4.40. The Labute approximate surface area is 207 Å². The van der Waals surface area contributed by atoms with Crippen molar-refractivity contribution in [1.29, 1.82) is 0 Å². The van der Waals surface area contributed by atoms with Gasteiger partial charge in [0.15, 0.2) is 5.75 Å². The zero-order valence-electron chi connectivity index (χ0n) is 19.9. The van der Waals surface area contributed by atoms with Gasteiger partial charge in [-0.3, -0.25) is 19.4 Å². The van der Waals surface area contributed by atoms with Crippen molar-refractivity contribution in [3.05, 3.63) is 69.4 Å². The van der Waals surface area contributed by atoms with Crippen LogP contribution in [0.2, 0.25) is 0 Å². The van der Waals surface area contributed by atoms with E-state index in [0.29, 0.717) is 31.3 Å². The van der Waals surface area contributed by atoms with Crippen LogP contribution in [0.25, 0.3) is 11.0 Å². The predicted octanol–water partition coefficient (Wildman–Crippen LogP) is 1.96. The largest absolute Gasteiger partial charge is 0.505 e. The number of rotatable bonds is 9. The second-order valence-electron chi connectivity index (χ2n) is 8.87. The Morgan fingerprint density at radius 2 is 1.89 bits per heavy atom. The summed E-state index contributed by atoms with van der Waals surface area (Å²) in [6, 6.07) is 7.77. The van der Waals surface area contributed by atoms with E-state index in [1.807, 2.05) is 0 Å². The van der Waals surface area contributed by atoms with E-state index in [-0.39, 0.29) is 43.5 Å². The number of nitrogens with one attached hydrogen (secondary N) is 1. The van der Waals surface area contributed by atoms with Gasteiger partial charge in [0.05, 0.1) is 5.52 Å². The Morgan fingerprint density at radius 3 is 2.61 bits per heavy atom. The molecule has 3 N–H and O–H groups in total. The number of hydrogen-bond acceptors (Lipinski definition) is 6. The maximum Gasteiger partial charge on any atom is 0.267 e. The number of aliphatic hydroxyl groups excluding tert-OH is 1. The van der Waals surface area contributed by atoms with Crippen LogP contribution in [0.4, 0.5) is 4.39 Å². The fraction of sp³-hybridized carbons (Fsp3) is 0.385. The molecule has 0 bridgehead atoms. The monoisotopic (exact) mass is 496 g/mol. The molecule has 36 heavy (non-hydrogen) atoms. The van der Waals surface area contributed by atoms with E-state index in [1.54, 1.807) is 29.3 Å². The number of pyridine rings is 2. The van der Waals surface area contributed by atoms with Crippen LogP contribution in [0.15, 0.2) is 41.3 Å². The molecular formula is C26H29FN4O5. The lowest BCUT2D eigenvalue weighted by atomic mass is 10.1. The van der Waals surface area contributed by atoms with Gasteiger partial charge in [-0.05, 0) is 55.0 Å². The Kier molecular flexibility index (Phi) is 7.94. The molecule has 2 aromatic heterocycles. The minimum Gasteiger partial charge on any atom is -0.505 e. The van der Waals surface area contributed by atoms with Crippen LogP contribution in [0.3, 0.4) is 0 Å². The van der Waals surface area contributed by atoms with Crippen LogP contribution < -0.4 is 10.9 Å². The van der Waals surface area contributed by atoms with E-state index in [0.717, 1.165) is 24.0 Å². The van der Waals surface area contributed by atoms with Gasteiger partial charge in [-0.15, -0.1) is 0 Å². The lowest BCUT2D eigenvalue weighted by Crippen LogP contribution is -2.40. The van der Waals surface area contributed by atoms with Crippen molar-refractivity contribution in [1.82, 2.24) is 19.8 Å². The van der Waals surface area contributed by atoms with Crippen LogP contribution in [-0.2, 0) is 17.8 Å². The molecule has 190 valence electrons. The van der Waals surface area contributed by atoms with E-state index in [2.05, 4.69) is 10.3 Å². The quantitative estimate of drug-likeness (QED) is 0.389. The third-order valence-electron chi connectivity index (χ3n) is 6.32. The second kappa shape index (κ2) is 11.3. The zero-order chi connectivity index (χ0) is 25.7. The number of carbonyl (C=O) groups is 2. The summed E-state index contributed by atoms with van der Waals surface area (Å²) in [5.74, 6) is -1.59. The molecule has 0 spiro atoms. The third-order valence-corrected chi connectivity index (χ3v) is 6.32. The maximum absolute atomic E-state index is 13.5. The van der Waals surface area contributed by atoms with Gasteiger partial charge in [0, 0.05) is 45.4 Å². The zero-order valence-corrected chi connectivity index (χ0v) is 19.9. The summed E-state index contributed by atoms with van der Waals surface area (Å²) in [5, 5.41) is 22.4. The highest BCUT2D eigenvalue weighted by Crippen LogP contribution is 2.26. The first-order valence-corrected chi connectivity index (χ1v) is 12.0. The minimum atomic E-state index is -0.757. The number of aromatic hydroxyl groups is 1. The highest BCUT2D eigenvalue weighted by atomic mass is 19.1. The van der Waals surface area contributed by atoms with Gasteiger partial charge in [-0.2, -0.15) is 0 Å². The van der Waals surface area contributed by atoms with Crippen LogP contribution in [0.5, 0.6) is 5.75 Å². The summed E-state index contributed by atoms with van der Waals surface area (Å²) in [7, 11) is 0. The van der Waals surface area contributed by atoms with Crippen molar-refractivity contribution in [3.63, 3.8) is 0 Å². The van der Waals surface area contributed by atoms with Crippen LogP contribution >= 0.6 is 0 Å². The molecule has 2 amide bonds. The van der Waals surface area contributed by atoms with Crippen molar-refractivity contribution in [2.24, 2.45) is 0 Å². The first-order chi connectivity index (χ1) is 17.4. The van der Waals surface area contributed by atoms with Crippen LogP contribution in [0, 0.1) is 5.82 Å². The first-order valence-electron chi connectivity index (χ1n) is 12.0. The average molecular weight is 497 g/mol. The van der Waals surface area contributed by atoms with Gasteiger partial charge in [0.2, 0.25) is 5.91 Å². The van der Waals surface area contributed by atoms with E-state index >= 15 is 0 Å². The number of likely N-dealkylation sites (tertiary alicyclic amines) is 1. The van der Waals surface area contributed by atoms with Crippen molar-refractivity contribution in [2.75, 3.05) is 26.2 Å². The summed E-state index contributed by atoms with van der Waals surface area (Å²) in [6.45, 7) is 1.02. The number of hydrogen-bond donors (Lipinski definition) is 3. The lowest BCUT2D eigenvalue weighted by molar-refractivity contribution is -0.133. The van der Waals surface area contributed by atoms with Gasteiger partial charge < -0.3 is 25.0 Å². The van der Waals surface area contributed by atoms with Crippen molar-refractivity contribution < 1.29 is 24.2 Å². The Hall–Kier alpha value is -3.79. The van der Waals surface area contributed by atoms with Crippen molar-refractivity contribution in [3.8, 4) is 5.75 Å². The molecule has 4 rings (SSSR count). The van der Waals surface area contributed by atoms with Crippen molar-refractivity contribution in [2.45, 2.75) is 38.6 Å². The molecule has 0 radical (unpaired) electrons. The number of aromatic nitrogens is 2. The minimum absolute atomic E-state index is 0.0227. The fourth-order valence-corrected chi connectivity index (χ4v) is 4.40. The van der Waals surface area contributed by atoms with E-state index < -0.39 is 22.8 Å². The molecule has 1 aromatic carbocycles. The van der Waals surface area contributed by atoms with Gasteiger partial charge in [-0.25, -0.2) is 4.39 Å². The normalized spacial score (nSPS) is 13.8. The van der Waals surface area contributed by atoms with Gasteiger partial charge in [-0.1, -0.05) is 12.1 Å². The molecule has 0 unspecified atom stereocenters. The number of piperidine rings is 1. The van der Waals surface area contributed by atoms with E-state index in [1.165, 1.54) is 16.7 Å². The number of carbonyl (C=O) groups excluding carboxylic acids is 2. The molecule has 3 aromatic rings. The number of fused-ring (bicyclic) bond motifs is 1. The topological polar surface area (TPSA) is 125 Å². The number of amides is 2. The SMILES string of the molecule is O=C(NCCCO)c1c(O)c2ncc(Cc3ccc(F)cc3)cc2n(CCN2CCCCC2=O)c1=O. The Balaban J connectivity index is 1.75. The summed E-state index contributed by atoms with van der Waals surface area (Å²) in [4.78, 5) is 44.6. The maximum atomic E-state index is 13.5. The lowest BCUT2D eigenvalue weighted by Gasteiger charge is -2.27.